The van der Waals surface area contributed by atoms with E-state index < -0.39 is 10.8 Å². The molecule has 1 aliphatic heterocycles. The first kappa shape index (κ1) is 28.8. The first-order valence-electron chi connectivity index (χ1n) is 13.1. The van der Waals surface area contributed by atoms with Crippen LogP contribution in [0.25, 0.3) is 11.3 Å². The molecule has 0 atom stereocenters. The van der Waals surface area contributed by atoms with Gasteiger partial charge in [0.25, 0.3) is 17.5 Å². The predicted molar refractivity (Wildman–Crippen MR) is 165 cm³/mol. The van der Waals surface area contributed by atoms with E-state index in [-0.39, 0.29) is 33.8 Å². The Balaban J connectivity index is 1.17. The molecular formula is C30H26ClN5O5S. The average Bonchev–Trinajstić information content (AvgIpc) is 3.48. The first-order chi connectivity index (χ1) is 20.2. The molecule has 0 radical (unpaired) electrons. The lowest BCUT2D eigenvalue weighted by Crippen LogP contribution is -2.49. The molecule has 1 fully saturated rings. The highest BCUT2D eigenvalue weighted by Crippen LogP contribution is 2.32. The van der Waals surface area contributed by atoms with Gasteiger partial charge in [0.05, 0.1) is 21.2 Å². The van der Waals surface area contributed by atoms with Crippen LogP contribution >= 0.6 is 23.8 Å². The van der Waals surface area contributed by atoms with Crippen LogP contribution in [0.5, 0.6) is 0 Å². The number of piperazine rings is 1. The van der Waals surface area contributed by atoms with Crippen LogP contribution in [0.15, 0.2) is 83.3 Å². The summed E-state index contributed by atoms with van der Waals surface area (Å²) >= 11 is 11.9. The molecule has 12 heteroatoms. The molecule has 0 unspecified atom stereocenters. The fraction of sp³-hybridized carbons (Fsp3) is 0.167. The fourth-order valence-electron chi connectivity index (χ4n) is 4.75. The van der Waals surface area contributed by atoms with Crippen LogP contribution in [0.1, 0.15) is 26.5 Å². The molecule has 2 amide bonds. The van der Waals surface area contributed by atoms with Gasteiger partial charge in [-0.2, -0.15) is 0 Å². The molecule has 4 aromatic rings. The molecule has 2 N–H and O–H groups in total. The number of rotatable bonds is 6. The third kappa shape index (κ3) is 6.27. The maximum Gasteiger partial charge on any atom is 0.293 e. The molecule has 214 valence electrons. The lowest BCUT2D eigenvalue weighted by Gasteiger charge is -2.36. The van der Waals surface area contributed by atoms with E-state index >= 15 is 0 Å². The molecule has 0 aliphatic carbocycles. The number of nitrogens with zero attached hydrogens (tertiary/aromatic N) is 3. The smallest absolute Gasteiger partial charge is 0.293 e. The van der Waals surface area contributed by atoms with Crippen molar-refractivity contribution in [3.8, 4) is 11.3 Å². The Morgan fingerprint density at radius 3 is 2.40 bits per heavy atom. The molecule has 3 aromatic carbocycles. The highest BCUT2D eigenvalue weighted by atomic mass is 35.5. The van der Waals surface area contributed by atoms with Gasteiger partial charge in [-0.05, 0) is 67.2 Å². The van der Waals surface area contributed by atoms with Crippen molar-refractivity contribution in [2.75, 3.05) is 36.4 Å². The van der Waals surface area contributed by atoms with Gasteiger partial charge in [0.15, 0.2) is 10.9 Å². The first-order valence-corrected chi connectivity index (χ1v) is 13.9. The zero-order chi connectivity index (χ0) is 29.8. The minimum Gasteiger partial charge on any atom is -0.451 e. The monoisotopic (exact) mass is 603 g/mol. The van der Waals surface area contributed by atoms with Crippen molar-refractivity contribution in [1.29, 1.82) is 0 Å². The van der Waals surface area contributed by atoms with E-state index in [1.165, 1.54) is 18.2 Å². The summed E-state index contributed by atoms with van der Waals surface area (Å²) in [6.07, 6.45) is 0. The maximum absolute atomic E-state index is 12.9. The quantitative estimate of drug-likeness (QED) is 0.159. The van der Waals surface area contributed by atoms with Gasteiger partial charge in [0, 0.05) is 43.5 Å². The summed E-state index contributed by atoms with van der Waals surface area (Å²) in [5.74, 6) is -0.450. The van der Waals surface area contributed by atoms with Crippen molar-refractivity contribution in [3.63, 3.8) is 0 Å². The van der Waals surface area contributed by atoms with Crippen LogP contribution in [-0.4, -0.2) is 52.9 Å². The summed E-state index contributed by atoms with van der Waals surface area (Å²) in [6.45, 7) is 4.35. The SMILES string of the molecule is Cc1ccccc1C(=O)N1CCN(c2ccc(NC(=S)NC(=O)c3ccc(-c4ccccc4[N+](=O)[O-])o3)cc2Cl)CC1. The number of furan rings is 1. The second-order valence-electron chi connectivity index (χ2n) is 9.61. The number of hydrogen-bond donors (Lipinski definition) is 2. The molecule has 1 aliphatic rings. The lowest BCUT2D eigenvalue weighted by molar-refractivity contribution is -0.384. The number of aryl methyl sites for hydroxylation is 1. The van der Waals surface area contributed by atoms with Gasteiger partial charge < -0.3 is 19.5 Å². The highest BCUT2D eigenvalue weighted by Gasteiger charge is 2.24. The predicted octanol–water partition coefficient (Wildman–Crippen LogP) is 5.91. The number of nitrogens with one attached hydrogen (secondary N) is 2. The van der Waals surface area contributed by atoms with E-state index in [0.717, 1.165) is 16.8 Å². The third-order valence-corrected chi connectivity index (χ3v) is 7.42. The number of anilines is 2. The van der Waals surface area contributed by atoms with Crippen molar-refractivity contribution in [1.82, 2.24) is 10.2 Å². The van der Waals surface area contributed by atoms with Gasteiger partial charge in [0.2, 0.25) is 0 Å². The Morgan fingerprint density at radius 2 is 1.69 bits per heavy atom. The average molecular weight is 604 g/mol. The molecule has 0 saturated carbocycles. The van der Waals surface area contributed by atoms with E-state index in [2.05, 4.69) is 15.5 Å². The van der Waals surface area contributed by atoms with Crippen LogP contribution in [0, 0.1) is 17.0 Å². The summed E-state index contributed by atoms with van der Waals surface area (Å²) in [5.41, 5.74) is 3.21. The van der Waals surface area contributed by atoms with E-state index in [1.807, 2.05) is 42.2 Å². The topological polar surface area (TPSA) is 121 Å². The second kappa shape index (κ2) is 12.4. The zero-order valence-corrected chi connectivity index (χ0v) is 24.1. The molecule has 10 nitrogen and oxygen atoms in total. The van der Waals surface area contributed by atoms with Crippen molar-refractivity contribution < 1.29 is 18.9 Å². The van der Waals surface area contributed by atoms with Crippen molar-refractivity contribution in [3.05, 3.63) is 111 Å². The minimum atomic E-state index is -0.613. The molecule has 0 spiro atoms. The zero-order valence-electron chi connectivity index (χ0n) is 22.5. The summed E-state index contributed by atoms with van der Waals surface area (Å²) in [7, 11) is 0. The Hall–Kier alpha value is -4.74. The molecule has 5 rings (SSSR count). The number of amides is 2. The van der Waals surface area contributed by atoms with E-state index in [1.54, 1.807) is 30.3 Å². The molecule has 1 aromatic heterocycles. The standard InChI is InChI=1S/C30H26ClN5O5S/c1-19-6-2-3-7-21(19)29(38)35-16-14-34(15-17-35)25-11-10-20(18-23(25)31)32-30(42)33-28(37)27-13-12-26(41-27)22-8-4-5-9-24(22)36(39)40/h2-13,18H,14-17H2,1H3,(H2,32,33,37,42). The number of para-hydroxylation sites is 1. The molecular weight excluding hydrogens is 578 g/mol. The number of benzene rings is 3. The van der Waals surface area contributed by atoms with Crippen molar-refractivity contribution in [2.24, 2.45) is 0 Å². The highest BCUT2D eigenvalue weighted by molar-refractivity contribution is 7.80. The minimum absolute atomic E-state index is 0.0239. The van der Waals surface area contributed by atoms with E-state index in [0.29, 0.717) is 36.9 Å². The maximum atomic E-state index is 12.9. The fourth-order valence-corrected chi connectivity index (χ4v) is 5.26. The van der Waals surface area contributed by atoms with Gasteiger partial charge in [0.1, 0.15) is 5.76 Å². The van der Waals surface area contributed by atoms with Crippen LogP contribution in [0.4, 0.5) is 17.1 Å². The van der Waals surface area contributed by atoms with Gasteiger partial charge >= 0.3 is 0 Å². The van der Waals surface area contributed by atoms with E-state index in [9.17, 15) is 19.7 Å². The molecule has 1 saturated heterocycles. The number of carbonyl (C=O) groups excluding carboxylic acids is 2. The van der Waals surface area contributed by atoms with Crippen LogP contribution in [0.3, 0.4) is 0 Å². The molecule has 2 heterocycles. The largest absolute Gasteiger partial charge is 0.451 e. The Labute approximate surface area is 252 Å². The van der Waals surface area contributed by atoms with E-state index in [4.69, 9.17) is 28.2 Å². The Bertz CT molecular complexity index is 1680. The van der Waals surface area contributed by atoms with Gasteiger partial charge in [-0.25, -0.2) is 0 Å². The number of hydrogen-bond acceptors (Lipinski definition) is 7. The van der Waals surface area contributed by atoms with Gasteiger partial charge in [-0.1, -0.05) is 41.9 Å². The Kier molecular flexibility index (Phi) is 8.51. The van der Waals surface area contributed by atoms with Gasteiger partial charge in [-0.3, -0.25) is 25.0 Å². The summed E-state index contributed by atoms with van der Waals surface area (Å²) < 4.78 is 5.57. The lowest BCUT2D eigenvalue weighted by atomic mass is 10.1. The van der Waals surface area contributed by atoms with Crippen LogP contribution < -0.4 is 15.5 Å². The number of carbonyl (C=O) groups is 2. The van der Waals surface area contributed by atoms with Crippen molar-refractivity contribution in [2.45, 2.75) is 6.92 Å². The van der Waals surface area contributed by atoms with Crippen LogP contribution in [-0.2, 0) is 0 Å². The Morgan fingerprint density at radius 1 is 0.976 bits per heavy atom. The molecule has 0 bridgehead atoms. The summed E-state index contributed by atoms with van der Waals surface area (Å²) in [4.78, 5) is 40.4. The normalized spacial score (nSPS) is 13.0. The molecule has 42 heavy (non-hydrogen) atoms. The number of nitro groups is 1. The van der Waals surface area contributed by atoms with Crippen LogP contribution in [0.2, 0.25) is 5.02 Å². The number of halogens is 1. The number of nitro benzene ring substituents is 1. The summed E-state index contributed by atoms with van der Waals surface area (Å²) in [6, 6.07) is 22.0. The van der Waals surface area contributed by atoms with Crippen molar-refractivity contribution >= 4 is 57.8 Å². The summed E-state index contributed by atoms with van der Waals surface area (Å²) in [5, 5.41) is 17.3. The third-order valence-electron chi connectivity index (χ3n) is 6.91. The second-order valence-corrected chi connectivity index (χ2v) is 10.4. The number of thiocarbonyl (C=S) groups is 1. The van der Waals surface area contributed by atoms with Gasteiger partial charge in [-0.15, -0.1) is 0 Å².